The zero-order valence-electron chi connectivity index (χ0n) is 17.6. The van der Waals surface area contributed by atoms with Gasteiger partial charge < -0.3 is 15.1 Å². The number of carbonyl (C=O) groups excluding carboxylic acids is 2. The molecule has 2 heterocycles. The molecule has 2 aromatic carbocycles. The second-order valence-corrected chi connectivity index (χ2v) is 9.20. The van der Waals surface area contributed by atoms with Crippen molar-refractivity contribution < 1.29 is 19.4 Å². The maximum Gasteiger partial charge on any atom is 0.244 e. The zero-order chi connectivity index (χ0) is 22.3. The van der Waals surface area contributed by atoms with Crippen LogP contribution < -0.4 is 10.2 Å². The van der Waals surface area contributed by atoms with E-state index in [4.69, 9.17) is 21.4 Å². The molecular formula is C24H25ClN2O4S. The number of rotatable bonds is 8. The summed E-state index contributed by atoms with van der Waals surface area (Å²) in [5.74, 6) is 0.813. The van der Waals surface area contributed by atoms with E-state index in [-0.39, 0.29) is 11.8 Å². The number of halogens is 1. The predicted octanol–water partition coefficient (Wildman–Crippen LogP) is 4.50. The Morgan fingerprint density at radius 3 is 2.94 bits per heavy atom. The van der Waals surface area contributed by atoms with Crippen LogP contribution in [0.2, 0.25) is 5.02 Å². The topological polar surface area (TPSA) is 67.9 Å². The fourth-order valence-electron chi connectivity index (χ4n) is 3.64. The first-order valence-corrected chi connectivity index (χ1v) is 11.9. The fraction of sp³-hybridized carbons (Fsp3) is 0.333. The van der Waals surface area contributed by atoms with E-state index in [0.717, 1.165) is 52.5 Å². The number of likely N-dealkylation sites (tertiary alicyclic amines) is 1. The number of hydrogen-bond acceptors (Lipinski definition) is 5. The minimum Gasteiger partial charge on any atom is -0.352 e. The van der Waals surface area contributed by atoms with Gasteiger partial charge in [0.15, 0.2) is 5.75 Å². The summed E-state index contributed by atoms with van der Waals surface area (Å²) in [6.07, 6.45) is 6.41. The van der Waals surface area contributed by atoms with E-state index < -0.39 is 0 Å². The maximum atomic E-state index is 12.1. The van der Waals surface area contributed by atoms with E-state index in [1.54, 1.807) is 17.8 Å². The summed E-state index contributed by atoms with van der Waals surface area (Å²) in [6.45, 7) is 2.62. The molecule has 1 fully saturated rings. The number of amides is 2. The van der Waals surface area contributed by atoms with Gasteiger partial charge in [-0.25, -0.2) is 0 Å². The molecule has 2 aliphatic heterocycles. The van der Waals surface area contributed by atoms with Crippen molar-refractivity contribution in [3.8, 4) is 5.75 Å². The smallest absolute Gasteiger partial charge is 0.244 e. The van der Waals surface area contributed by atoms with Crippen LogP contribution in [0, 0.1) is 0 Å². The summed E-state index contributed by atoms with van der Waals surface area (Å²) in [6, 6.07) is 11.7. The Hall–Kier alpha value is -2.48. The van der Waals surface area contributed by atoms with Crippen LogP contribution in [0.3, 0.4) is 0 Å². The summed E-state index contributed by atoms with van der Waals surface area (Å²) in [7, 11) is 0. The lowest BCUT2D eigenvalue weighted by Gasteiger charge is -2.16. The van der Waals surface area contributed by atoms with Crippen molar-refractivity contribution in [2.45, 2.75) is 35.5 Å². The number of nitrogens with zero attached hydrogens (tertiary/aromatic N) is 1. The van der Waals surface area contributed by atoms with Gasteiger partial charge in [0.2, 0.25) is 11.8 Å². The molecule has 0 aliphatic carbocycles. The quantitative estimate of drug-likeness (QED) is 0.348. The highest BCUT2D eigenvalue weighted by molar-refractivity contribution is 7.99. The lowest BCUT2D eigenvalue weighted by atomic mass is 10.1. The van der Waals surface area contributed by atoms with Crippen molar-refractivity contribution >= 4 is 41.3 Å². The molecule has 6 nitrogen and oxygen atoms in total. The lowest BCUT2D eigenvalue weighted by Crippen LogP contribution is -2.29. The number of fused-ring (bicyclic) bond motifs is 1. The van der Waals surface area contributed by atoms with Crippen LogP contribution in [-0.2, 0) is 20.9 Å². The first kappa shape index (κ1) is 22.7. The SMILES string of the molecule is O=C(C=Cc1ccc(Sc2ccc3c(c2)CCOO3)c(Cl)c1)NCCCN1CCCC1=O. The summed E-state index contributed by atoms with van der Waals surface area (Å²) in [5, 5.41) is 3.49. The fourth-order valence-corrected chi connectivity index (χ4v) is 4.82. The van der Waals surface area contributed by atoms with Crippen molar-refractivity contribution in [3.05, 3.63) is 58.6 Å². The van der Waals surface area contributed by atoms with E-state index in [2.05, 4.69) is 11.4 Å². The summed E-state index contributed by atoms with van der Waals surface area (Å²) < 4.78 is 0. The third-order valence-electron chi connectivity index (χ3n) is 5.32. The summed E-state index contributed by atoms with van der Waals surface area (Å²) in [5.41, 5.74) is 1.98. The summed E-state index contributed by atoms with van der Waals surface area (Å²) >= 11 is 8.07. The minimum atomic E-state index is -0.160. The average Bonchev–Trinajstić information content (AvgIpc) is 3.21. The van der Waals surface area contributed by atoms with Gasteiger partial charge in [0.05, 0.1) is 11.6 Å². The second-order valence-electron chi connectivity index (χ2n) is 7.68. The highest BCUT2D eigenvalue weighted by Gasteiger charge is 2.19. The van der Waals surface area contributed by atoms with E-state index in [9.17, 15) is 9.59 Å². The van der Waals surface area contributed by atoms with Crippen molar-refractivity contribution in [1.29, 1.82) is 0 Å². The molecule has 4 rings (SSSR count). The van der Waals surface area contributed by atoms with Gasteiger partial charge in [0.1, 0.15) is 0 Å². The lowest BCUT2D eigenvalue weighted by molar-refractivity contribution is -0.215. The monoisotopic (exact) mass is 472 g/mol. The molecule has 0 spiro atoms. The Labute approximate surface area is 196 Å². The molecule has 8 heteroatoms. The Bertz CT molecular complexity index is 1030. The molecule has 1 saturated heterocycles. The van der Waals surface area contributed by atoms with Crippen LogP contribution in [0.5, 0.6) is 5.75 Å². The predicted molar refractivity (Wildman–Crippen MR) is 125 cm³/mol. The zero-order valence-corrected chi connectivity index (χ0v) is 19.2. The van der Waals surface area contributed by atoms with Crippen molar-refractivity contribution in [2.24, 2.45) is 0 Å². The van der Waals surface area contributed by atoms with Gasteiger partial charge in [0.25, 0.3) is 0 Å². The molecule has 2 aliphatic rings. The standard InChI is InChI=1S/C24H25ClN2O4S/c25-20-15-17(5-9-23(28)26-11-2-13-27-12-1-3-24(27)29)4-8-22(20)32-19-6-7-21-18(16-19)10-14-30-31-21/h4-9,15-16H,1-3,10-14H2,(H,26,28). The van der Waals surface area contributed by atoms with E-state index in [1.807, 2.05) is 35.2 Å². The molecule has 0 aromatic heterocycles. The number of carbonyl (C=O) groups is 2. The third-order valence-corrected chi connectivity index (χ3v) is 6.81. The minimum absolute atomic E-state index is 0.160. The molecule has 32 heavy (non-hydrogen) atoms. The van der Waals surface area contributed by atoms with Crippen LogP contribution in [0.25, 0.3) is 6.08 Å². The van der Waals surface area contributed by atoms with Gasteiger partial charge >= 0.3 is 0 Å². The Morgan fingerprint density at radius 2 is 2.12 bits per heavy atom. The van der Waals surface area contributed by atoms with Crippen LogP contribution in [0.1, 0.15) is 30.4 Å². The van der Waals surface area contributed by atoms with Gasteiger partial charge in [-0.05, 0) is 54.8 Å². The second kappa shape index (κ2) is 10.9. The van der Waals surface area contributed by atoms with Crippen molar-refractivity contribution in [3.63, 3.8) is 0 Å². The van der Waals surface area contributed by atoms with Gasteiger partial charge in [0, 0.05) is 53.9 Å². The molecule has 0 bridgehead atoms. The molecule has 0 radical (unpaired) electrons. The number of benzene rings is 2. The van der Waals surface area contributed by atoms with Crippen LogP contribution in [-0.4, -0.2) is 43.0 Å². The van der Waals surface area contributed by atoms with Crippen molar-refractivity contribution in [2.75, 3.05) is 26.2 Å². The first-order valence-electron chi connectivity index (χ1n) is 10.7. The normalized spacial score (nSPS) is 15.7. The van der Waals surface area contributed by atoms with E-state index in [0.29, 0.717) is 31.1 Å². The highest BCUT2D eigenvalue weighted by Crippen LogP contribution is 2.36. The third kappa shape index (κ3) is 6.06. The Kier molecular flexibility index (Phi) is 7.73. The molecule has 168 valence electrons. The molecule has 0 atom stereocenters. The van der Waals surface area contributed by atoms with Gasteiger partial charge in [-0.15, -0.1) is 0 Å². The van der Waals surface area contributed by atoms with Gasteiger partial charge in [-0.3, -0.25) is 9.59 Å². The van der Waals surface area contributed by atoms with E-state index in [1.165, 1.54) is 6.08 Å². The Balaban J connectivity index is 1.26. The first-order chi connectivity index (χ1) is 15.6. The van der Waals surface area contributed by atoms with Crippen LogP contribution in [0.15, 0.2) is 52.3 Å². The number of nitrogens with one attached hydrogen (secondary N) is 1. The molecule has 0 saturated carbocycles. The van der Waals surface area contributed by atoms with Crippen molar-refractivity contribution in [1.82, 2.24) is 10.2 Å². The molecule has 2 amide bonds. The molecular weight excluding hydrogens is 448 g/mol. The molecule has 0 unspecified atom stereocenters. The largest absolute Gasteiger partial charge is 0.352 e. The highest BCUT2D eigenvalue weighted by atomic mass is 35.5. The van der Waals surface area contributed by atoms with Gasteiger partial charge in [-0.1, -0.05) is 29.4 Å². The molecule has 2 aromatic rings. The Morgan fingerprint density at radius 1 is 1.22 bits per heavy atom. The maximum absolute atomic E-state index is 12.1. The van der Waals surface area contributed by atoms with Gasteiger partial charge in [-0.2, -0.15) is 4.89 Å². The van der Waals surface area contributed by atoms with Crippen LogP contribution in [0.4, 0.5) is 0 Å². The summed E-state index contributed by atoms with van der Waals surface area (Å²) in [4.78, 5) is 37.7. The average molecular weight is 473 g/mol. The number of hydrogen-bond donors (Lipinski definition) is 1. The van der Waals surface area contributed by atoms with E-state index >= 15 is 0 Å². The molecule has 1 N–H and O–H groups in total. The van der Waals surface area contributed by atoms with Crippen LogP contribution >= 0.6 is 23.4 Å².